The van der Waals surface area contributed by atoms with E-state index in [2.05, 4.69) is 63.4 Å². The van der Waals surface area contributed by atoms with Crippen LogP contribution in [0.4, 0.5) is 0 Å². The van der Waals surface area contributed by atoms with Gasteiger partial charge in [0.25, 0.3) is 0 Å². The number of benzene rings is 1. The number of hydrogen-bond donors (Lipinski definition) is 1. The van der Waals surface area contributed by atoms with E-state index in [1.54, 1.807) is 0 Å². The average Bonchev–Trinajstić information content (AvgIpc) is 2.45. The Kier molecular flexibility index (Phi) is 6.05. The molecule has 3 atom stereocenters. The summed E-state index contributed by atoms with van der Waals surface area (Å²) in [6, 6.07) is 7.81. The Morgan fingerprint density at radius 1 is 1.33 bits per heavy atom. The Hall–Kier alpha value is -1.08. The van der Waals surface area contributed by atoms with E-state index in [0.717, 1.165) is 12.3 Å². The van der Waals surface area contributed by atoms with Gasteiger partial charge < -0.3 is 5.32 Å². The SMILES string of the molecule is CC/C=C\c1c(C)cccc1C(C)NC1CCCC(C)C1. The summed E-state index contributed by atoms with van der Waals surface area (Å²) in [6.45, 7) is 9.12. The van der Waals surface area contributed by atoms with Gasteiger partial charge in [-0.15, -0.1) is 0 Å². The molecule has 1 nitrogen and oxygen atoms in total. The van der Waals surface area contributed by atoms with Crippen molar-refractivity contribution in [2.24, 2.45) is 5.92 Å². The molecule has 0 aromatic heterocycles. The lowest BCUT2D eigenvalue weighted by Crippen LogP contribution is -2.35. The number of allylic oxidation sites excluding steroid dienone is 1. The Bertz CT molecular complexity index is 475. The van der Waals surface area contributed by atoms with Gasteiger partial charge in [0.1, 0.15) is 0 Å². The summed E-state index contributed by atoms with van der Waals surface area (Å²) >= 11 is 0. The zero-order valence-corrected chi connectivity index (χ0v) is 14.2. The van der Waals surface area contributed by atoms with E-state index in [1.165, 1.54) is 42.4 Å². The molecule has 1 aliphatic rings. The van der Waals surface area contributed by atoms with E-state index < -0.39 is 0 Å². The summed E-state index contributed by atoms with van der Waals surface area (Å²) < 4.78 is 0. The lowest BCUT2D eigenvalue weighted by molar-refractivity contribution is 0.285. The summed E-state index contributed by atoms with van der Waals surface area (Å²) in [5.74, 6) is 0.875. The van der Waals surface area contributed by atoms with Gasteiger partial charge >= 0.3 is 0 Å². The number of nitrogens with one attached hydrogen (secondary N) is 1. The second kappa shape index (κ2) is 7.79. The van der Waals surface area contributed by atoms with E-state index >= 15 is 0 Å². The van der Waals surface area contributed by atoms with Crippen molar-refractivity contribution in [3.8, 4) is 0 Å². The van der Waals surface area contributed by atoms with Crippen LogP contribution in [0.25, 0.3) is 6.08 Å². The molecular formula is C20H31N. The standard InChI is InChI=1S/C20H31N/c1-5-6-12-19-16(3)10-8-13-20(19)17(4)21-18-11-7-9-15(2)14-18/h6,8,10,12-13,15,17-18,21H,5,7,9,11,14H2,1-4H3/b12-6-. The lowest BCUT2D eigenvalue weighted by Gasteiger charge is -2.31. The van der Waals surface area contributed by atoms with Crippen LogP contribution in [0.1, 0.15) is 75.6 Å². The zero-order chi connectivity index (χ0) is 15.2. The number of aryl methyl sites for hydroxylation is 1. The first kappa shape index (κ1) is 16.3. The minimum absolute atomic E-state index is 0.428. The van der Waals surface area contributed by atoms with E-state index in [4.69, 9.17) is 0 Å². The van der Waals surface area contributed by atoms with Gasteiger partial charge in [-0.1, -0.05) is 57.0 Å². The maximum absolute atomic E-state index is 3.88. The molecule has 0 saturated heterocycles. The lowest BCUT2D eigenvalue weighted by atomic mass is 9.86. The molecule has 116 valence electrons. The van der Waals surface area contributed by atoms with Gasteiger partial charge in [0, 0.05) is 12.1 Å². The Morgan fingerprint density at radius 3 is 2.86 bits per heavy atom. The third kappa shape index (κ3) is 4.44. The molecular weight excluding hydrogens is 254 g/mol. The third-order valence-corrected chi connectivity index (χ3v) is 4.77. The fraction of sp³-hybridized carbons (Fsp3) is 0.600. The highest BCUT2D eigenvalue weighted by atomic mass is 14.9. The van der Waals surface area contributed by atoms with Gasteiger partial charge in [-0.25, -0.2) is 0 Å². The van der Waals surface area contributed by atoms with Crippen molar-refractivity contribution in [2.75, 3.05) is 0 Å². The predicted octanol–water partition coefficient (Wildman–Crippen LogP) is 5.65. The van der Waals surface area contributed by atoms with Gasteiger partial charge in [0.05, 0.1) is 0 Å². The minimum Gasteiger partial charge on any atom is -0.307 e. The average molecular weight is 285 g/mol. The first-order valence-electron chi connectivity index (χ1n) is 8.64. The number of hydrogen-bond acceptors (Lipinski definition) is 1. The molecule has 3 unspecified atom stereocenters. The van der Waals surface area contributed by atoms with Crippen molar-refractivity contribution in [1.29, 1.82) is 0 Å². The smallest absolute Gasteiger partial charge is 0.0300 e. The first-order valence-corrected chi connectivity index (χ1v) is 8.64. The van der Waals surface area contributed by atoms with Gasteiger partial charge in [-0.3, -0.25) is 0 Å². The highest BCUT2D eigenvalue weighted by molar-refractivity contribution is 5.58. The highest BCUT2D eigenvalue weighted by Crippen LogP contribution is 2.28. The van der Waals surface area contributed by atoms with Crippen LogP contribution in [0, 0.1) is 12.8 Å². The molecule has 0 heterocycles. The van der Waals surface area contributed by atoms with Gasteiger partial charge in [0.2, 0.25) is 0 Å². The zero-order valence-electron chi connectivity index (χ0n) is 14.2. The number of rotatable bonds is 5. The molecule has 1 aromatic rings. The summed E-state index contributed by atoms with van der Waals surface area (Å²) in [7, 11) is 0. The Labute approximate surface area is 130 Å². The van der Waals surface area contributed by atoms with Crippen molar-refractivity contribution < 1.29 is 0 Å². The summed E-state index contributed by atoms with van der Waals surface area (Å²) in [5.41, 5.74) is 4.23. The largest absolute Gasteiger partial charge is 0.307 e. The molecule has 2 rings (SSSR count). The molecule has 21 heavy (non-hydrogen) atoms. The summed E-state index contributed by atoms with van der Waals surface area (Å²) in [6.07, 6.45) is 11.1. The van der Waals surface area contributed by atoms with Crippen LogP contribution in [0.15, 0.2) is 24.3 Å². The topological polar surface area (TPSA) is 12.0 Å². The molecule has 0 aliphatic heterocycles. The third-order valence-electron chi connectivity index (χ3n) is 4.77. The van der Waals surface area contributed by atoms with Crippen molar-refractivity contribution in [2.45, 2.75) is 71.9 Å². The molecule has 1 saturated carbocycles. The fourth-order valence-corrected chi connectivity index (χ4v) is 3.57. The van der Waals surface area contributed by atoms with E-state index in [-0.39, 0.29) is 0 Å². The molecule has 1 aromatic carbocycles. The Balaban J connectivity index is 2.12. The maximum atomic E-state index is 3.88. The van der Waals surface area contributed by atoms with Crippen LogP contribution in [0.5, 0.6) is 0 Å². The minimum atomic E-state index is 0.428. The molecule has 1 heteroatoms. The van der Waals surface area contributed by atoms with Crippen molar-refractivity contribution in [3.05, 3.63) is 41.0 Å². The van der Waals surface area contributed by atoms with Crippen molar-refractivity contribution in [1.82, 2.24) is 5.32 Å². The van der Waals surface area contributed by atoms with E-state index in [1.807, 2.05) is 0 Å². The second-order valence-corrected chi connectivity index (χ2v) is 6.75. The summed E-state index contributed by atoms with van der Waals surface area (Å²) in [5, 5.41) is 3.88. The van der Waals surface area contributed by atoms with Crippen molar-refractivity contribution in [3.63, 3.8) is 0 Å². The molecule has 1 aliphatic carbocycles. The first-order chi connectivity index (χ1) is 10.1. The second-order valence-electron chi connectivity index (χ2n) is 6.75. The normalized spacial score (nSPS) is 24.4. The van der Waals surface area contributed by atoms with Crippen molar-refractivity contribution >= 4 is 6.08 Å². The van der Waals surface area contributed by atoms with Crippen LogP contribution in [0.3, 0.4) is 0 Å². The van der Waals surface area contributed by atoms with E-state index in [0.29, 0.717) is 12.1 Å². The van der Waals surface area contributed by atoms with Gasteiger partial charge in [-0.05, 0) is 55.7 Å². The quantitative estimate of drug-likeness (QED) is 0.737. The molecule has 0 amide bonds. The maximum Gasteiger partial charge on any atom is 0.0300 e. The van der Waals surface area contributed by atoms with Crippen LogP contribution < -0.4 is 5.32 Å². The molecule has 1 fully saturated rings. The van der Waals surface area contributed by atoms with Crippen LogP contribution in [0.2, 0.25) is 0 Å². The van der Waals surface area contributed by atoms with Gasteiger partial charge in [-0.2, -0.15) is 0 Å². The van der Waals surface area contributed by atoms with E-state index in [9.17, 15) is 0 Å². The summed E-state index contributed by atoms with van der Waals surface area (Å²) in [4.78, 5) is 0. The monoisotopic (exact) mass is 285 g/mol. The van der Waals surface area contributed by atoms with Crippen LogP contribution in [-0.4, -0.2) is 6.04 Å². The highest BCUT2D eigenvalue weighted by Gasteiger charge is 2.21. The molecule has 1 N–H and O–H groups in total. The van der Waals surface area contributed by atoms with Crippen LogP contribution >= 0.6 is 0 Å². The molecule has 0 radical (unpaired) electrons. The Morgan fingerprint density at radius 2 is 2.14 bits per heavy atom. The predicted molar refractivity (Wildman–Crippen MR) is 93.5 cm³/mol. The fourth-order valence-electron chi connectivity index (χ4n) is 3.57. The van der Waals surface area contributed by atoms with Gasteiger partial charge in [0.15, 0.2) is 0 Å². The molecule has 0 bridgehead atoms. The van der Waals surface area contributed by atoms with Crippen LogP contribution in [-0.2, 0) is 0 Å². The molecule has 0 spiro atoms.